The zero-order chi connectivity index (χ0) is 14.7. The summed E-state index contributed by atoms with van der Waals surface area (Å²) >= 11 is 0. The zero-order valence-electron chi connectivity index (χ0n) is 12.5. The highest BCUT2D eigenvalue weighted by Gasteiger charge is 2.15. The average Bonchev–Trinajstić information content (AvgIpc) is 2.74. The maximum atomic E-state index is 5.74. The number of nitrogens with two attached hydrogens (primary N) is 1. The average molecular weight is 277 g/mol. The number of nitrogen functional groups attached to an aromatic ring is 1. The summed E-state index contributed by atoms with van der Waals surface area (Å²) in [4.78, 5) is 10.6. The van der Waals surface area contributed by atoms with Gasteiger partial charge >= 0.3 is 0 Å². The number of aromatic amines is 1. The van der Waals surface area contributed by atoms with E-state index in [0.717, 1.165) is 24.2 Å². The minimum Gasteiger partial charge on any atom is -0.368 e. The van der Waals surface area contributed by atoms with Crippen LogP contribution in [0.1, 0.15) is 20.3 Å². The minimum absolute atomic E-state index is 0.248. The van der Waals surface area contributed by atoms with E-state index in [4.69, 9.17) is 5.73 Å². The van der Waals surface area contributed by atoms with Crippen molar-refractivity contribution in [2.24, 2.45) is 5.92 Å². The number of likely N-dealkylation sites (N-methyl/N-ethyl adjacent to an activating group) is 1. The molecule has 0 aliphatic heterocycles. The van der Waals surface area contributed by atoms with E-state index in [9.17, 15) is 0 Å². The second-order valence-corrected chi connectivity index (χ2v) is 5.80. The van der Waals surface area contributed by atoms with Crippen LogP contribution < -0.4 is 11.1 Å². The first-order valence-electron chi connectivity index (χ1n) is 6.83. The van der Waals surface area contributed by atoms with Gasteiger partial charge in [0.1, 0.15) is 5.82 Å². The first-order valence-corrected chi connectivity index (χ1v) is 6.83. The van der Waals surface area contributed by atoms with Gasteiger partial charge in [-0.25, -0.2) is 0 Å². The standard InChI is InChI=1S/C13H23N7/c1-8(2)5-9(7-20(3)4)16-11-10-6-15-19-12(10)18-13(14)17-11/h6,8-9H,5,7H2,1-4H3,(H4,14,15,16,17,18,19). The fraction of sp³-hybridized carbons (Fsp3) is 0.615. The van der Waals surface area contributed by atoms with Gasteiger partial charge in [-0.15, -0.1) is 0 Å². The number of H-pyrrole nitrogens is 1. The number of rotatable bonds is 6. The highest BCUT2D eigenvalue weighted by atomic mass is 15.2. The van der Waals surface area contributed by atoms with Crippen LogP contribution in [0.4, 0.5) is 11.8 Å². The van der Waals surface area contributed by atoms with Crippen molar-refractivity contribution in [1.29, 1.82) is 0 Å². The second kappa shape index (κ2) is 6.04. The van der Waals surface area contributed by atoms with Crippen molar-refractivity contribution in [2.75, 3.05) is 31.7 Å². The van der Waals surface area contributed by atoms with E-state index in [1.807, 2.05) is 0 Å². The van der Waals surface area contributed by atoms with Gasteiger partial charge in [0.15, 0.2) is 5.65 Å². The Bertz CT molecular complexity index is 551. The molecule has 4 N–H and O–H groups in total. The second-order valence-electron chi connectivity index (χ2n) is 5.80. The Labute approximate surface area is 119 Å². The Hall–Kier alpha value is -1.89. The minimum atomic E-state index is 0.248. The third-order valence-electron chi connectivity index (χ3n) is 3.01. The Kier molecular flexibility index (Phi) is 4.39. The fourth-order valence-electron chi connectivity index (χ4n) is 2.34. The first kappa shape index (κ1) is 14.5. The van der Waals surface area contributed by atoms with E-state index in [-0.39, 0.29) is 5.95 Å². The van der Waals surface area contributed by atoms with Crippen molar-refractivity contribution in [2.45, 2.75) is 26.3 Å². The van der Waals surface area contributed by atoms with Crippen molar-refractivity contribution >= 4 is 22.8 Å². The van der Waals surface area contributed by atoms with E-state index >= 15 is 0 Å². The predicted molar refractivity (Wildman–Crippen MR) is 81.5 cm³/mol. The summed E-state index contributed by atoms with van der Waals surface area (Å²) < 4.78 is 0. The molecule has 2 heterocycles. The highest BCUT2D eigenvalue weighted by Crippen LogP contribution is 2.21. The van der Waals surface area contributed by atoms with Crippen LogP contribution in [0.2, 0.25) is 0 Å². The third kappa shape index (κ3) is 3.57. The quantitative estimate of drug-likeness (QED) is 0.737. The van der Waals surface area contributed by atoms with Gasteiger partial charge in [0.25, 0.3) is 0 Å². The molecule has 0 saturated carbocycles. The van der Waals surface area contributed by atoms with Crippen LogP contribution in [0.3, 0.4) is 0 Å². The smallest absolute Gasteiger partial charge is 0.224 e. The Balaban J connectivity index is 2.25. The summed E-state index contributed by atoms with van der Waals surface area (Å²) in [5.74, 6) is 1.60. The van der Waals surface area contributed by atoms with Crippen molar-refractivity contribution in [3.63, 3.8) is 0 Å². The van der Waals surface area contributed by atoms with Crippen molar-refractivity contribution in [3.8, 4) is 0 Å². The molecule has 7 heteroatoms. The molecule has 0 amide bonds. The van der Waals surface area contributed by atoms with Crippen LogP contribution in [0.5, 0.6) is 0 Å². The zero-order valence-corrected chi connectivity index (χ0v) is 12.5. The van der Waals surface area contributed by atoms with E-state index in [1.54, 1.807) is 6.20 Å². The number of aromatic nitrogens is 4. The number of hydrogen-bond donors (Lipinski definition) is 3. The SMILES string of the molecule is CC(C)CC(CN(C)C)Nc1nc(N)nc2[nH]ncc12. The van der Waals surface area contributed by atoms with Gasteiger partial charge in [0.2, 0.25) is 5.95 Å². The summed E-state index contributed by atoms with van der Waals surface area (Å²) in [6, 6.07) is 0.303. The molecule has 0 aliphatic rings. The van der Waals surface area contributed by atoms with Crippen LogP contribution >= 0.6 is 0 Å². The van der Waals surface area contributed by atoms with Crippen LogP contribution in [-0.4, -0.2) is 51.7 Å². The molecule has 0 radical (unpaired) electrons. The Morgan fingerprint density at radius 2 is 2.10 bits per heavy atom. The van der Waals surface area contributed by atoms with Crippen molar-refractivity contribution in [3.05, 3.63) is 6.20 Å². The monoisotopic (exact) mass is 277 g/mol. The lowest BCUT2D eigenvalue weighted by molar-refractivity contribution is 0.356. The lowest BCUT2D eigenvalue weighted by Crippen LogP contribution is -2.34. The molecule has 110 valence electrons. The molecule has 20 heavy (non-hydrogen) atoms. The Morgan fingerprint density at radius 3 is 2.75 bits per heavy atom. The Morgan fingerprint density at radius 1 is 1.35 bits per heavy atom. The lowest BCUT2D eigenvalue weighted by atomic mass is 10.0. The van der Waals surface area contributed by atoms with Gasteiger partial charge in [-0.1, -0.05) is 13.8 Å². The fourth-order valence-corrected chi connectivity index (χ4v) is 2.34. The number of nitrogens with one attached hydrogen (secondary N) is 2. The molecule has 0 saturated heterocycles. The highest BCUT2D eigenvalue weighted by molar-refractivity contribution is 5.86. The molecule has 2 aromatic rings. The van der Waals surface area contributed by atoms with E-state index in [2.05, 4.69) is 58.3 Å². The van der Waals surface area contributed by atoms with E-state index < -0.39 is 0 Å². The molecule has 1 unspecified atom stereocenters. The topological polar surface area (TPSA) is 95.7 Å². The van der Waals surface area contributed by atoms with Gasteiger partial charge in [-0.3, -0.25) is 5.10 Å². The molecule has 0 bridgehead atoms. The molecule has 2 rings (SSSR count). The third-order valence-corrected chi connectivity index (χ3v) is 3.01. The van der Waals surface area contributed by atoms with Gasteiger partial charge < -0.3 is 16.0 Å². The van der Waals surface area contributed by atoms with Gasteiger partial charge in [-0.2, -0.15) is 15.1 Å². The number of anilines is 2. The maximum Gasteiger partial charge on any atom is 0.224 e. The van der Waals surface area contributed by atoms with E-state index in [0.29, 0.717) is 17.6 Å². The molecule has 1 atom stereocenters. The molecule has 2 aromatic heterocycles. The number of fused-ring (bicyclic) bond motifs is 1. The molecule has 0 fully saturated rings. The molecule has 7 nitrogen and oxygen atoms in total. The van der Waals surface area contributed by atoms with Gasteiger partial charge in [0, 0.05) is 12.6 Å². The van der Waals surface area contributed by atoms with Gasteiger partial charge in [-0.05, 0) is 26.4 Å². The van der Waals surface area contributed by atoms with E-state index in [1.165, 1.54) is 0 Å². The van der Waals surface area contributed by atoms with Crippen molar-refractivity contribution < 1.29 is 0 Å². The lowest BCUT2D eigenvalue weighted by Gasteiger charge is -2.24. The van der Waals surface area contributed by atoms with Crippen LogP contribution in [0.25, 0.3) is 11.0 Å². The summed E-state index contributed by atoms with van der Waals surface area (Å²) in [6.45, 7) is 5.36. The largest absolute Gasteiger partial charge is 0.368 e. The maximum absolute atomic E-state index is 5.74. The summed E-state index contributed by atoms with van der Waals surface area (Å²) in [6.07, 6.45) is 2.78. The molecule has 0 aliphatic carbocycles. The molecular formula is C13H23N7. The molecule has 0 spiro atoms. The molecular weight excluding hydrogens is 254 g/mol. The van der Waals surface area contributed by atoms with Crippen LogP contribution in [0.15, 0.2) is 6.20 Å². The van der Waals surface area contributed by atoms with Crippen LogP contribution in [0, 0.1) is 5.92 Å². The molecule has 0 aromatic carbocycles. The number of hydrogen-bond acceptors (Lipinski definition) is 6. The van der Waals surface area contributed by atoms with Crippen LogP contribution in [-0.2, 0) is 0 Å². The predicted octanol–water partition coefficient (Wildman–Crippen LogP) is 1.32. The normalized spacial score (nSPS) is 13.3. The first-order chi connectivity index (χ1) is 9.45. The van der Waals surface area contributed by atoms with Gasteiger partial charge in [0.05, 0.1) is 11.6 Å². The number of nitrogens with zero attached hydrogens (tertiary/aromatic N) is 4. The summed E-state index contributed by atoms with van der Waals surface area (Å²) in [5.41, 5.74) is 6.40. The summed E-state index contributed by atoms with van der Waals surface area (Å²) in [5, 5.41) is 11.2. The van der Waals surface area contributed by atoms with Crippen molar-refractivity contribution in [1.82, 2.24) is 25.1 Å². The summed E-state index contributed by atoms with van der Waals surface area (Å²) in [7, 11) is 4.13.